The van der Waals surface area contributed by atoms with Crippen LogP contribution in [-0.2, 0) is 9.53 Å². The fourth-order valence-corrected chi connectivity index (χ4v) is 11.1. The van der Waals surface area contributed by atoms with Crippen LogP contribution in [0.1, 0.15) is 268 Å². The first-order valence-corrected chi connectivity index (χ1v) is 29.9. The first kappa shape index (κ1) is 60.6. The van der Waals surface area contributed by atoms with Crippen LogP contribution in [-0.4, -0.2) is 74.5 Å². The van der Waals surface area contributed by atoms with E-state index in [1.807, 2.05) is 18.2 Å². The number of halogens is 1. The summed E-state index contributed by atoms with van der Waals surface area (Å²) >= 11 is 4.99. The first-order chi connectivity index (χ1) is 32.4. The molecule has 0 saturated carbocycles. The highest BCUT2D eigenvalue weighted by atomic mass is 79.9. The maximum atomic E-state index is 12.9. The van der Waals surface area contributed by atoms with Crippen molar-refractivity contribution in [3.05, 3.63) is 27.5 Å². The Morgan fingerprint density at radius 2 is 0.833 bits per heavy atom. The second kappa shape index (κ2) is 43.5. The van der Waals surface area contributed by atoms with Crippen molar-refractivity contribution in [3.63, 3.8) is 0 Å². The van der Waals surface area contributed by atoms with Crippen molar-refractivity contribution in [2.45, 2.75) is 258 Å². The molecule has 0 N–H and O–H groups in total. The van der Waals surface area contributed by atoms with Gasteiger partial charge in [-0.2, -0.15) is 0 Å². The number of fused-ring (bicyclic) bond motifs is 1. The number of methoxy groups -OCH3 is 1. The predicted molar refractivity (Wildman–Crippen MR) is 292 cm³/mol. The summed E-state index contributed by atoms with van der Waals surface area (Å²) in [5, 5.41) is 0.976. The lowest BCUT2D eigenvalue weighted by molar-refractivity contribution is -0.143. The topological polar surface area (TPSA) is 59.1 Å². The molecule has 1 aromatic heterocycles. The first-order valence-electron chi connectivity index (χ1n) is 28.3. The van der Waals surface area contributed by atoms with E-state index in [0.717, 1.165) is 33.2 Å². The molecule has 2 rings (SSSR count). The SMILES string of the molecule is CCCCCCCCCCCCN(CCCCCCCCCCCC)CCCN(CCCCCCCCCCCC)CCCCCCOC(=O)CCC(=O)c1cc2cc(OC)c(Br)cc2s1. The predicted octanol–water partition coefficient (Wildman–Crippen LogP) is 18.5. The monoisotopic (exact) mass is 1000 g/mol. The molecular weight excluding hydrogens is 901 g/mol. The molecule has 0 spiro atoms. The van der Waals surface area contributed by atoms with Crippen LogP contribution >= 0.6 is 27.3 Å². The van der Waals surface area contributed by atoms with Crippen LogP contribution in [0.5, 0.6) is 5.75 Å². The molecule has 0 unspecified atom stereocenters. The zero-order valence-electron chi connectivity index (χ0n) is 43.7. The third kappa shape index (κ3) is 32.4. The van der Waals surface area contributed by atoms with Crippen molar-refractivity contribution in [2.75, 3.05) is 53.0 Å². The van der Waals surface area contributed by atoms with Crippen molar-refractivity contribution in [1.29, 1.82) is 0 Å². The van der Waals surface area contributed by atoms with E-state index in [2.05, 4.69) is 46.5 Å². The number of benzene rings is 1. The molecule has 0 aliphatic carbocycles. The zero-order valence-corrected chi connectivity index (χ0v) is 46.1. The Bertz CT molecular complexity index is 1410. The van der Waals surface area contributed by atoms with E-state index in [1.54, 1.807) is 7.11 Å². The third-order valence-corrected chi connectivity index (χ3v) is 15.4. The summed E-state index contributed by atoms with van der Waals surface area (Å²) in [4.78, 5) is 31.7. The number of esters is 1. The molecule has 1 aromatic carbocycles. The molecule has 0 radical (unpaired) electrons. The number of ether oxygens (including phenoxy) is 2. The number of carbonyl (C=O) groups excluding carboxylic acids is 2. The largest absolute Gasteiger partial charge is 0.496 e. The second-order valence-corrected chi connectivity index (χ2v) is 21.7. The molecule has 0 bridgehead atoms. The lowest BCUT2D eigenvalue weighted by atomic mass is 10.1. The molecule has 0 aliphatic heterocycles. The van der Waals surface area contributed by atoms with E-state index in [-0.39, 0.29) is 24.6 Å². The number of thiophene rings is 1. The fraction of sp³-hybridized carbons (Fsp3) is 0.828. The Hall–Kier alpha value is -1.48. The van der Waals surface area contributed by atoms with Crippen molar-refractivity contribution in [1.82, 2.24) is 9.80 Å². The lowest BCUT2D eigenvalue weighted by Crippen LogP contribution is -2.32. The smallest absolute Gasteiger partial charge is 0.306 e. The Kier molecular flexibility index (Phi) is 40.0. The summed E-state index contributed by atoms with van der Waals surface area (Å²) in [7, 11) is 1.64. The van der Waals surface area contributed by atoms with Gasteiger partial charge in [0, 0.05) is 11.1 Å². The summed E-state index contributed by atoms with van der Waals surface area (Å²) in [5.74, 6) is 0.458. The van der Waals surface area contributed by atoms with Crippen LogP contribution in [0.3, 0.4) is 0 Å². The van der Waals surface area contributed by atoms with Gasteiger partial charge in [-0.25, -0.2) is 0 Å². The van der Waals surface area contributed by atoms with Gasteiger partial charge in [0.15, 0.2) is 5.78 Å². The maximum absolute atomic E-state index is 12.9. The van der Waals surface area contributed by atoms with E-state index >= 15 is 0 Å². The van der Waals surface area contributed by atoms with Gasteiger partial charge in [0.1, 0.15) is 5.75 Å². The maximum Gasteiger partial charge on any atom is 0.306 e. The Balaban J connectivity index is 1.76. The van der Waals surface area contributed by atoms with Crippen LogP contribution in [0.15, 0.2) is 22.7 Å². The van der Waals surface area contributed by atoms with Crippen molar-refractivity contribution in [2.24, 2.45) is 0 Å². The molecular formula is C58H103BrN2O4S. The van der Waals surface area contributed by atoms with E-state index in [9.17, 15) is 9.59 Å². The third-order valence-electron chi connectivity index (χ3n) is 13.7. The lowest BCUT2D eigenvalue weighted by Gasteiger charge is -2.26. The van der Waals surface area contributed by atoms with Crippen LogP contribution in [0, 0.1) is 0 Å². The number of rotatable bonds is 49. The van der Waals surface area contributed by atoms with Gasteiger partial charge in [0.25, 0.3) is 0 Å². The standard InChI is InChI=1S/C58H103BrN2O4S/c1-5-8-11-14-17-20-23-26-29-34-42-60(43-35-30-27-24-21-18-15-12-9-6-2)46-39-47-61(44-36-31-28-25-22-19-16-13-10-7-3)45-37-32-33-38-48-65-58(63)41-40-54(62)57-50-52-49-55(64-4)53(59)51-56(52)66-57/h49-51H,5-48H2,1-4H3. The molecule has 0 fully saturated rings. The number of unbranched alkanes of at least 4 members (excludes halogenated alkanes) is 30. The number of ketones is 1. The van der Waals surface area contributed by atoms with Crippen LogP contribution in [0.2, 0.25) is 0 Å². The Labute approximate surface area is 420 Å². The quantitative estimate of drug-likeness (QED) is 0.0374. The fourth-order valence-electron chi connectivity index (χ4n) is 9.38. The van der Waals surface area contributed by atoms with Crippen molar-refractivity contribution < 1.29 is 19.1 Å². The highest BCUT2D eigenvalue weighted by Crippen LogP contribution is 2.35. The Morgan fingerprint density at radius 3 is 1.23 bits per heavy atom. The molecule has 0 atom stereocenters. The minimum absolute atomic E-state index is 0.0125. The zero-order chi connectivity index (χ0) is 47.6. The minimum atomic E-state index is -0.271. The molecule has 0 aliphatic rings. The van der Waals surface area contributed by atoms with Crippen LogP contribution in [0.25, 0.3) is 10.1 Å². The van der Waals surface area contributed by atoms with E-state index in [4.69, 9.17) is 9.47 Å². The molecule has 2 aromatic rings. The molecule has 8 heteroatoms. The average Bonchev–Trinajstić information content (AvgIpc) is 3.74. The number of Topliss-reactive ketones (excluding diaryl/α,β-unsaturated/α-hetero) is 1. The average molecular weight is 1000 g/mol. The summed E-state index contributed by atoms with van der Waals surface area (Å²) in [6.45, 7) is 14.8. The molecule has 0 saturated heterocycles. The number of hydrogen-bond donors (Lipinski definition) is 0. The minimum Gasteiger partial charge on any atom is -0.496 e. The highest BCUT2D eigenvalue weighted by Gasteiger charge is 2.15. The van der Waals surface area contributed by atoms with Crippen molar-refractivity contribution in [3.8, 4) is 5.75 Å². The molecule has 382 valence electrons. The van der Waals surface area contributed by atoms with Crippen LogP contribution < -0.4 is 4.74 Å². The summed E-state index contributed by atoms with van der Waals surface area (Å²) in [5.41, 5.74) is 0. The molecule has 66 heavy (non-hydrogen) atoms. The van der Waals surface area contributed by atoms with Gasteiger partial charge in [0.2, 0.25) is 0 Å². The van der Waals surface area contributed by atoms with Crippen molar-refractivity contribution >= 4 is 49.1 Å². The molecule has 6 nitrogen and oxygen atoms in total. The van der Waals surface area contributed by atoms with Gasteiger partial charge in [0.05, 0.1) is 29.5 Å². The summed E-state index contributed by atoms with van der Waals surface area (Å²) in [6.07, 6.45) is 48.0. The van der Waals surface area contributed by atoms with Crippen LogP contribution in [0.4, 0.5) is 0 Å². The number of hydrogen-bond acceptors (Lipinski definition) is 7. The van der Waals surface area contributed by atoms with E-state index in [0.29, 0.717) is 11.5 Å². The summed E-state index contributed by atoms with van der Waals surface area (Å²) in [6, 6.07) is 5.82. The highest BCUT2D eigenvalue weighted by molar-refractivity contribution is 9.10. The number of carbonyl (C=O) groups is 2. The van der Waals surface area contributed by atoms with Gasteiger partial charge in [-0.3, -0.25) is 9.59 Å². The van der Waals surface area contributed by atoms with Gasteiger partial charge in [-0.1, -0.05) is 207 Å². The van der Waals surface area contributed by atoms with Gasteiger partial charge in [-0.15, -0.1) is 11.3 Å². The number of nitrogens with zero attached hydrogens (tertiary/aromatic N) is 2. The van der Waals surface area contributed by atoms with Gasteiger partial charge >= 0.3 is 5.97 Å². The van der Waals surface area contributed by atoms with Gasteiger partial charge in [-0.05, 0) is 117 Å². The molecule has 0 amide bonds. The van der Waals surface area contributed by atoms with Gasteiger partial charge < -0.3 is 19.3 Å². The van der Waals surface area contributed by atoms with E-state index in [1.165, 1.54) is 262 Å². The Morgan fingerprint density at radius 1 is 0.470 bits per heavy atom. The molecule has 1 heterocycles. The second-order valence-electron chi connectivity index (χ2n) is 19.8. The van der Waals surface area contributed by atoms with E-state index < -0.39 is 0 Å². The normalized spacial score (nSPS) is 11.7. The summed E-state index contributed by atoms with van der Waals surface area (Å²) < 4.78 is 12.9.